The first-order valence-corrected chi connectivity index (χ1v) is 6.65. The van der Waals surface area contributed by atoms with E-state index in [2.05, 4.69) is 0 Å². The van der Waals surface area contributed by atoms with Gasteiger partial charge in [-0.1, -0.05) is 6.92 Å². The van der Waals surface area contributed by atoms with Crippen molar-refractivity contribution in [1.29, 1.82) is 0 Å². The molecule has 2 aliphatic heterocycles. The van der Waals surface area contributed by atoms with Gasteiger partial charge in [-0.15, -0.1) is 0 Å². The van der Waals surface area contributed by atoms with Gasteiger partial charge in [0.2, 0.25) is 0 Å². The van der Waals surface area contributed by atoms with Gasteiger partial charge in [0.1, 0.15) is 12.1 Å². The Balaban J connectivity index is 2.08. The van der Waals surface area contributed by atoms with E-state index in [1.54, 1.807) is 4.90 Å². The van der Waals surface area contributed by atoms with Gasteiger partial charge in [0.25, 0.3) is 5.91 Å². The molecule has 102 valence electrons. The van der Waals surface area contributed by atoms with Gasteiger partial charge in [-0.25, -0.2) is 4.79 Å². The molecule has 0 radical (unpaired) electrons. The molecular formula is C13H21NO4. The van der Waals surface area contributed by atoms with Crippen LogP contribution in [0.1, 0.15) is 32.6 Å². The number of amides is 1. The number of ether oxygens (including phenoxy) is 2. The van der Waals surface area contributed by atoms with E-state index < -0.39 is 6.04 Å². The number of piperidine rings is 1. The van der Waals surface area contributed by atoms with E-state index in [0.29, 0.717) is 19.6 Å². The maximum atomic E-state index is 12.4. The minimum atomic E-state index is -0.423. The van der Waals surface area contributed by atoms with Crippen LogP contribution in [0.15, 0.2) is 0 Å². The molecule has 3 atom stereocenters. The first-order chi connectivity index (χ1) is 8.65. The van der Waals surface area contributed by atoms with Gasteiger partial charge < -0.3 is 14.4 Å². The average molecular weight is 255 g/mol. The summed E-state index contributed by atoms with van der Waals surface area (Å²) in [6, 6.07) is -0.423. The van der Waals surface area contributed by atoms with Crippen LogP contribution in [-0.2, 0) is 19.1 Å². The number of nitrogens with zero attached hydrogens (tertiary/aromatic N) is 1. The summed E-state index contributed by atoms with van der Waals surface area (Å²) >= 11 is 0. The fourth-order valence-corrected chi connectivity index (χ4v) is 2.75. The van der Waals surface area contributed by atoms with Crippen LogP contribution < -0.4 is 0 Å². The van der Waals surface area contributed by atoms with E-state index in [1.807, 2.05) is 6.92 Å². The molecule has 2 heterocycles. The summed E-state index contributed by atoms with van der Waals surface area (Å²) in [5, 5.41) is 0. The molecule has 2 aliphatic rings. The molecule has 2 unspecified atom stereocenters. The summed E-state index contributed by atoms with van der Waals surface area (Å²) in [5.74, 6) is -0.124. The number of hydrogen-bond acceptors (Lipinski definition) is 4. The Labute approximate surface area is 107 Å². The van der Waals surface area contributed by atoms with Crippen molar-refractivity contribution in [1.82, 2.24) is 4.90 Å². The summed E-state index contributed by atoms with van der Waals surface area (Å²) in [6.45, 7) is 3.28. The molecule has 2 saturated heterocycles. The van der Waals surface area contributed by atoms with E-state index in [4.69, 9.17) is 9.47 Å². The van der Waals surface area contributed by atoms with E-state index in [0.717, 1.165) is 19.3 Å². The Morgan fingerprint density at radius 1 is 1.28 bits per heavy atom. The summed E-state index contributed by atoms with van der Waals surface area (Å²) < 4.78 is 10.3. The van der Waals surface area contributed by atoms with Crippen molar-refractivity contribution >= 4 is 11.9 Å². The lowest BCUT2D eigenvalue weighted by Crippen LogP contribution is -2.52. The third kappa shape index (κ3) is 2.51. The highest BCUT2D eigenvalue weighted by atomic mass is 16.5. The van der Waals surface area contributed by atoms with Gasteiger partial charge in [-0.2, -0.15) is 0 Å². The number of rotatable bonds is 2. The molecular weight excluding hydrogens is 234 g/mol. The molecule has 5 heteroatoms. The summed E-state index contributed by atoms with van der Waals surface area (Å²) in [5.41, 5.74) is 0. The van der Waals surface area contributed by atoms with Gasteiger partial charge in [0.05, 0.1) is 7.11 Å². The predicted molar refractivity (Wildman–Crippen MR) is 64.9 cm³/mol. The van der Waals surface area contributed by atoms with Gasteiger partial charge in [0, 0.05) is 13.2 Å². The van der Waals surface area contributed by atoms with Crippen LogP contribution in [-0.4, -0.2) is 49.2 Å². The highest BCUT2D eigenvalue weighted by Crippen LogP contribution is 2.26. The zero-order valence-corrected chi connectivity index (χ0v) is 11.1. The van der Waals surface area contributed by atoms with E-state index in [9.17, 15) is 9.59 Å². The van der Waals surface area contributed by atoms with Crippen molar-refractivity contribution in [2.45, 2.75) is 44.8 Å². The van der Waals surface area contributed by atoms with Crippen LogP contribution in [0.25, 0.3) is 0 Å². The van der Waals surface area contributed by atoms with E-state index >= 15 is 0 Å². The molecule has 0 N–H and O–H groups in total. The largest absolute Gasteiger partial charge is 0.467 e. The summed E-state index contributed by atoms with van der Waals surface area (Å²) in [6.07, 6.45) is 3.13. The summed E-state index contributed by atoms with van der Waals surface area (Å²) in [4.78, 5) is 25.8. The monoisotopic (exact) mass is 255 g/mol. The Hall–Kier alpha value is -1.10. The quantitative estimate of drug-likeness (QED) is 0.690. The highest BCUT2D eigenvalue weighted by Gasteiger charge is 2.40. The van der Waals surface area contributed by atoms with Gasteiger partial charge in [-0.05, 0) is 31.6 Å². The average Bonchev–Trinajstić information content (AvgIpc) is 2.83. The molecule has 1 amide bonds. The van der Waals surface area contributed by atoms with Crippen molar-refractivity contribution in [3.8, 4) is 0 Å². The number of carbonyl (C=O) groups excluding carboxylic acids is 2. The molecule has 0 saturated carbocycles. The van der Waals surface area contributed by atoms with Gasteiger partial charge in [-0.3, -0.25) is 4.79 Å². The summed E-state index contributed by atoms with van der Waals surface area (Å²) in [7, 11) is 1.37. The first kappa shape index (κ1) is 13.3. The SMILES string of the molecule is COC(=O)[C@H]1CCCCN1C(=O)C1OCCC1C. The highest BCUT2D eigenvalue weighted by molar-refractivity contribution is 5.87. The standard InChI is InChI=1S/C13H21NO4/c1-9-6-8-18-11(9)12(15)14-7-4-3-5-10(14)13(16)17-2/h9-11H,3-8H2,1-2H3/t9?,10-,11?/m1/s1. The second-order valence-corrected chi connectivity index (χ2v) is 5.12. The minimum absolute atomic E-state index is 0.0462. The lowest BCUT2D eigenvalue weighted by Gasteiger charge is -2.35. The molecule has 2 rings (SSSR count). The topological polar surface area (TPSA) is 55.8 Å². The normalized spacial score (nSPS) is 32.3. The molecule has 0 aliphatic carbocycles. The lowest BCUT2D eigenvalue weighted by atomic mass is 9.98. The smallest absolute Gasteiger partial charge is 0.328 e. The molecule has 18 heavy (non-hydrogen) atoms. The number of likely N-dealkylation sites (tertiary alicyclic amines) is 1. The molecule has 0 bridgehead atoms. The third-order valence-electron chi connectivity index (χ3n) is 3.89. The molecule has 0 aromatic heterocycles. The Kier molecular flexibility index (Phi) is 4.22. The second-order valence-electron chi connectivity index (χ2n) is 5.12. The fraction of sp³-hybridized carbons (Fsp3) is 0.846. The molecule has 2 fully saturated rings. The van der Waals surface area contributed by atoms with Crippen molar-refractivity contribution in [3.63, 3.8) is 0 Å². The van der Waals surface area contributed by atoms with Crippen LogP contribution in [0, 0.1) is 5.92 Å². The van der Waals surface area contributed by atoms with Gasteiger partial charge >= 0.3 is 5.97 Å². The number of methoxy groups -OCH3 is 1. The first-order valence-electron chi connectivity index (χ1n) is 6.65. The second kappa shape index (κ2) is 5.69. The lowest BCUT2D eigenvalue weighted by molar-refractivity contribution is -0.159. The van der Waals surface area contributed by atoms with Crippen LogP contribution in [0.2, 0.25) is 0 Å². The maximum Gasteiger partial charge on any atom is 0.328 e. The zero-order valence-electron chi connectivity index (χ0n) is 11.1. The van der Waals surface area contributed by atoms with Crippen LogP contribution in [0.3, 0.4) is 0 Å². The number of carbonyl (C=O) groups is 2. The van der Waals surface area contributed by atoms with Crippen molar-refractivity contribution < 1.29 is 19.1 Å². The van der Waals surface area contributed by atoms with Gasteiger partial charge in [0.15, 0.2) is 0 Å². The Morgan fingerprint density at radius 2 is 2.06 bits per heavy atom. The Bertz CT molecular complexity index is 331. The van der Waals surface area contributed by atoms with Crippen molar-refractivity contribution in [2.75, 3.05) is 20.3 Å². The fourth-order valence-electron chi connectivity index (χ4n) is 2.75. The van der Waals surface area contributed by atoms with E-state index in [1.165, 1.54) is 7.11 Å². The molecule has 0 spiro atoms. The van der Waals surface area contributed by atoms with Crippen LogP contribution >= 0.6 is 0 Å². The van der Waals surface area contributed by atoms with E-state index in [-0.39, 0.29) is 23.9 Å². The minimum Gasteiger partial charge on any atom is -0.467 e. The number of hydrogen-bond donors (Lipinski definition) is 0. The predicted octanol–water partition coefficient (Wildman–Crippen LogP) is 0.965. The van der Waals surface area contributed by atoms with Crippen molar-refractivity contribution in [2.24, 2.45) is 5.92 Å². The maximum absolute atomic E-state index is 12.4. The van der Waals surface area contributed by atoms with Crippen LogP contribution in [0.4, 0.5) is 0 Å². The molecule has 5 nitrogen and oxygen atoms in total. The van der Waals surface area contributed by atoms with Crippen LogP contribution in [0.5, 0.6) is 0 Å². The molecule has 0 aromatic rings. The molecule has 0 aromatic carbocycles. The van der Waals surface area contributed by atoms with Crippen molar-refractivity contribution in [3.05, 3.63) is 0 Å². The zero-order chi connectivity index (χ0) is 13.1. The Morgan fingerprint density at radius 3 is 2.67 bits per heavy atom. The third-order valence-corrected chi connectivity index (χ3v) is 3.89. The number of esters is 1.